The smallest absolute Gasteiger partial charge is 0.257 e. The minimum absolute atomic E-state index is 0. The predicted molar refractivity (Wildman–Crippen MR) is 108 cm³/mol. The van der Waals surface area contributed by atoms with Crippen LogP contribution in [0.4, 0.5) is 5.69 Å². The molecule has 9 heteroatoms. The lowest BCUT2D eigenvalue weighted by Gasteiger charge is -2.34. The minimum atomic E-state index is -0.570. The van der Waals surface area contributed by atoms with Crippen LogP contribution in [0.25, 0.3) is 0 Å². The number of anilines is 1. The van der Waals surface area contributed by atoms with Gasteiger partial charge in [0.15, 0.2) is 0 Å². The summed E-state index contributed by atoms with van der Waals surface area (Å²) in [7, 11) is 0. The Morgan fingerprint density at radius 3 is 2.70 bits per heavy atom. The number of nitrogens with one attached hydrogen (secondary N) is 1. The molecule has 2 aromatic rings. The first kappa shape index (κ1) is 21.6. The van der Waals surface area contributed by atoms with Crippen LogP contribution in [0.15, 0.2) is 34.9 Å². The van der Waals surface area contributed by atoms with E-state index in [1.165, 1.54) is 6.26 Å². The molecule has 3 N–H and O–H groups in total. The Bertz CT molecular complexity index is 825. The third kappa shape index (κ3) is 4.96. The van der Waals surface area contributed by atoms with Crippen LogP contribution >= 0.6 is 35.6 Å². The number of likely N-dealkylation sites (tertiary alicyclic amines) is 1. The number of carbonyl (C=O) groups is 2. The highest BCUT2D eigenvalue weighted by molar-refractivity contribution is 6.36. The van der Waals surface area contributed by atoms with Gasteiger partial charge in [-0.1, -0.05) is 23.2 Å². The summed E-state index contributed by atoms with van der Waals surface area (Å²) >= 11 is 12.0. The molecule has 0 bridgehead atoms. The SMILES string of the molecule is Cl.NCc1cc(C(=O)N2CCCCC2C(=O)Nc2ccc(Cl)cc2Cl)co1. The van der Waals surface area contributed by atoms with Crippen molar-refractivity contribution in [3.05, 3.63) is 51.9 Å². The van der Waals surface area contributed by atoms with Gasteiger partial charge in [-0.2, -0.15) is 0 Å². The monoisotopic (exact) mass is 431 g/mol. The van der Waals surface area contributed by atoms with E-state index in [2.05, 4.69) is 5.32 Å². The maximum Gasteiger partial charge on any atom is 0.257 e. The van der Waals surface area contributed by atoms with Crippen LogP contribution in [-0.2, 0) is 11.3 Å². The standard InChI is InChI=1S/C18H19Cl2N3O3.ClH/c19-12-4-5-15(14(20)8-12)22-17(24)16-3-1-2-6-23(16)18(25)11-7-13(9-21)26-10-11;/h4-5,7-8,10,16H,1-3,6,9,21H2,(H,22,24);1H. The first-order chi connectivity index (χ1) is 12.5. The molecule has 1 aliphatic heterocycles. The zero-order valence-electron chi connectivity index (χ0n) is 14.4. The normalized spacial score (nSPS) is 16.6. The van der Waals surface area contributed by atoms with Crippen molar-refractivity contribution in [2.45, 2.75) is 31.8 Å². The molecule has 2 heterocycles. The molecular formula is C18H20Cl3N3O3. The van der Waals surface area contributed by atoms with Gasteiger partial charge in [0, 0.05) is 11.6 Å². The third-order valence-corrected chi connectivity index (χ3v) is 4.91. The molecule has 1 saturated heterocycles. The van der Waals surface area contributed by atoms with Crippen LogP contribution in [0, 0.1) is 0 Å². The fourth-order valence-electron chi connectivity index (χ4n) is 3.02. The Morgan fingerprint density at radius 1 is 1.26 bits per heavy atom. The maximum atomic E-state index is 12.8. The van der Waals surface area contributed by atoms with E-state index in [1.54, 1.807) is 29.2 Å². The molecule has 1 aromatic heterocycles. The molecule has 27 heavy (non-hydrogen) atoms. The molecule has 0 spiro atoms. The van der Waals surface area contributed by atoms with Crippen LogP contribution < -0.4 is 11.1 Å². The topological polar surface area (TPSA) is 88.6 Å². The van der Waals surface area contributed by atoms with Crippen molar-refractivity contribution in [2.24, 2.45) is 5.73 Å². The summed E-state index contributed by atoms with van der Waals surface area (Å²) in [6.45, 7) is 0.723. The average Bonchev–Trinajstić information content (AvgIpc) is 3.12. The lowest BCUT2D eigenvalue weighted by molar-refractivity contribution is -0.121. The highest BCUT2D eigenvalue weighted by Gasteiger charge is 2.33. The molecule has 2 amide bonds. The zero-order chi connectivity index (χ0) is 18.7. The second kappa shape index (κ2) is 9.46. The molecule has 1 fully saturated rings. The average molecular weight is 433 g/mol. The van der Waals surface area contributed by atoms with Gasteiger partial charge in [0.2, 0.25) is 5.91 Å². The van der Waals surface area contributed by atoms with E-state index in [9.17, 15) is 9.59 Å². The molecule has 146 valence electrons. The molecule has 1 aliphatic rings. The van der Waals surface area contributed by atoms with Crippen molar-refractivity contribution in [2.75, 3.05) is 11.9 Å². The van der Waals surface area contributed by atoms with E-state index in [0.717, 1.165) is 12.8 Å². The number of carbonyl (C=O) groups excluding carboxylic acids is 2. The van der Waals surface area contributed by atoms with Gasteiger partial charge in [0.1, 0.15) is 18.1 Å². The lowest BCUT2D eigenvalue weighted by atomic mass is 10.00. The molecule has 0 radical (unpaired) electrons. The van der Waals surface area contributed by atoms with E-state index in [1.807, 2.05) is 0 Å². The molecule has 1 atom stereocenters. The summed E-state index contributed by atoms with van der Waals surface area (Å²) in [5.41, 5.74) is 6.39. The van der Waals surface area contributed by atoms with Crippen LogP contribution in [0.1, 0.15) is 35.4 Å². The number of rotatable bonds is 4. The van der Waals surface area contributed by atoms with Crippen LogP contribution in [0.5, 0.6) is 0 Å². The molecule has 0 aliphatic carbocycles. The largest absolute Gasteiger partial charge is 0.467 e. The van der Waals surface area contributed by atoms with Crippen LogP contribution in [0.2, 0.25) is 10.0 Å². The van der Waals surface area contributed by atoms with Crippen molar-refractivity contribution in [1.82, 2.24) is 4.90 Å². The highest BCUT2D eigenvalue weighted by Crippen LogP contribution is 2.27. The number of amides is 2. The number of nitrogens with zero attached hydrogens (tertiary/aromatic N) is 1. The number of piperidine rings is 1. The van der Waals surface area contributed by atoms with Gasteiger partial charge in [-0.15, -0.1) is 12.4 Å². The van der Waals surface area contributed by atoms with Crippen molar-refractivity contribution >= 4 is 53.1 Å². The summed E-state index contributed by atoms with van der Waals surface area (Å²) in [5, 5.41) is 3.63. The van der Waals surface area contributed by atoms with E-state index >= 15 is 0 Å². The maximum absolute atomic E-state index is 12.8. The van der Waals surface area contributed by atoms with Crippen molar-refractivity contribution in [1.29, 1.82) is 0 Å². The van der Waals surface area contributed by atoms with E-state index in [0.29, 0.717) is 40.0 Å². The van der Waals surface area contributed by atoms with Crippen LogP contribution in [0.3, 0.4) is 0 Å². The molecule has 3 rings (SSSR count). The number of halogens is 3. The molecule has 6 nitrogen and oxygen atoms in total. The van der Waals surface area contributed by atoms with Gasteiger partial charge in [-0.05, 0) is 43.5 Å². The van der Waals surface area contributed by atoms with Crippen molar-refractivity contribution < 1.29 is 14.0 Å². The zero-order valence-corrected chi connectivity index (χ0v) is 16.7. The first-order valence-corrected chi connectivity index (χ1v) is 9.09. The van der Waals surface area contributed by atoms with E-state index in [-0.39, 0.29) is 30.8 Å². The number of hydrogen-bond donors (Lipinski definition) is 2. The number of benzene rings is 1. The van der Waals surface area contributed by atoms with E-state index in [4.69, 9.17) is 33.4 Å². The van der Waals surface area contributed by atoms with Gasteiger partial charge < -0.3 is 20.4 Å². The Balaban J connectivity index is 0.00000261. The third-order valence-electron chi connectivity index (χ3n) is 4.36. The number of furan rings is 1. The number of nitrogens with two attached hydrogens (primary N) is 1. The first-order valence-electron chi connectivity index (χ1n) is 8.34. The molecular weight excluding hydrogens is 413 g/mol. The Hall–Kier alpha value is -1.73. The summed E-state index contributed by atoms with van der Waals surface area (Å²) in [5.74, 6) is 0.0135. The summed E-state index contributed by atoms with van der Waals surface area (Å²) < 4.78 is 5.24. The second-order valence-electron chi connectivity index (χ2n) is 6.13. The summed E-state index contributed by atoms with van der Waals surface area (Å²) in [6, 6.07) is 5.89. The minimum Gasteiger partial charge on any atom is -0.467 e. The van der Waals surface area contributed by atoms with Gasteiger partial charge in [0.05, 0.1) is 22.8 Å². The Kier molecular flexibility index (Phi) is 7.56. The number of hydrogen-bond acceptors (Lipinski definition) is 4. The fourth-order valence-corrected chi connectivity index (χ4v) is 3.48. The lowest BCUT2D eigenvalue weighted by Crippen LogP contribution is -2.50. The van der Waals surface area contributed by atoms with Crippen LogP contribution in [-0.4, -0.2) is 29.3 Å². The van der Waals surface area contributed by atoms with E-state index < -0.39 is 6.04 Å². The highest BCUT2D eigenvalue weighted by atomic mass is 35.5. The Morgan fingerprint density at radius 2 is 2.04 bits per heavy atom. The fraction of sp³-hybridized carbons (Fsp3) is 0.333. The van der Waals surface area contributed by atoms with Crippen molar-refractivity contribution in [3.63, 3.8) is 0 Å². The predicted octanol–water partition coefficient (Wildman–Crippen LogP) is 4.10. The molecule has 1 aromatic carbocycles. The summed E-state index contributed by atoms with van der Waals surface area (Å²) in [6.07, 6.45) is 3.68. The summed E-state index contributed by atoms with van der Waals surface area (Å²) in [4.78, 5) is 27.2. The van der Waals surface area contributed by atoms with Gasteiger partial charge in [-0.25, -0.2) is 0 Å². The quantitative estimate of drug-likeness (QED) is 0.761. The second-order valence-corrected chi connectivity index (χ2v) is 6.97. The van der Waals surface area contributed by atoms with Gasteiger partial charge in [0.25, 0.3) is 5.91 Å². The van der Waals surface area contributed by atoms with Gasteiger partial charge in [-0.3, -0.25) is 9.59 Å². The molecule has 1 unspecified atom stereocenters. The molecule has 0 saturated carbocycles. The Labute approximate surface area is 173 Å². The van der Waals surface area contributed by atoms with Gasteiger partial charge >= 0.3 is 0 Å². The van der Waals surface area contributed by atoms with Crippen molar-refractivity contribution in [3.8, 4) is 0 Å².